The van der Waals surface area contributed by atoms with Crippen molar-refractivity contribution in [1.29, 1.82) is 5.26 Å². The van der Waals surface area contributed by atoms with Crippen LogP contribution in [0.2, 0.25) is 0 Å². The maximum atomic E-state index is 13.6. The average molecular weight is 520 g/mol. The topological polar surface area (TPSA) is 132 Å². The Labute approximate surface area is 211 Å². The number of imidazole rings is 1. The van der Waals surface area contributed by atoms with Crippen LogP contribution in [0, 0.1) is 34.0 Å². The number of amides is 3. The number of rotatable bonds is 5. The molecule has 1 saturated heterocycles. The van der Waals surface area contributed by atoms with Gasteiger partial charge in [-0.2, -0.15) is 18.4 Å². The normalized spacial score (nSPS) is 24.1. The second kappa shape index (κ2) is 8.71. The van der Waals surface area contributed by atoms with Crippen LogP contribution in [0.25, 0.3) is 5.78 Å². The summed E-state index contributed by atoms with van der Waals surface area (Å²) >= 11 is 0. The molecular weight excluding hydrogens is 491 g/mol. The van der Waals surface area contributed by atoms with Crippen molar-refractivity contribution in [3.63, 3.8) is 0 Å². The highest BCUT2D eigenvalue weighted by atomic mass is 19.4. The summed E-state index contributed by atoms with van der Waals surface area (Å²) in [5.74, 6) is -3.48. The number of halogens is 3. The van der Waals surface area contributed by atoms with E-state index in [2.05, 4.69) is 15.3 Å². The van der Waals surface area contributed by atoms with E-state index in [0.717, 1.165) is 0 Å². The molecule has 3 heterocycles. The molecule has 3 amide bonds. The third kappa shape index (κ3) is 4.72. The van der Waals surface area contributed by atoms with Gasteiger partial charge in [0.05, 0.1) is 6.07 Å². The summed E-state index contributed by atoms with van der Waals surface area (Å²) in [5.41, 5.74) is -0.943. The van der Waals surface area contributed by atoms with Crippen molar-refractivity contribution in [3.05, 3.63) is 30.4 Å². The summed E-state index contributed by atoms with van der Waals surface area (Å²) in [7, 11) is 0. The van der Waals surface area contributed by atoms with Crippen molar-refractivity contribution >= 4 is 23.5 Å². The van der Waals surface area contributed by atoms with Gasteiger partial charge in [0.15, 0.2) is 0 Å². The fraction of sp³-hybridized carbons (Fsp3) is 0.583. The maximum absolute atomic E-state index is 13.6. The molecule has 1 aliphatic carbocycles. The van der Waals surface area contributed by atoms with Crippen molar-refractivity contribution in [2.75, 3.05) is 6.54 Å². The Bertz CT molecular complexity index is 1290. The van der Waals surface area contributed by atoms with Gasteiger partial charge in [0.2, 0.25) is 17.6 Å². The Morgan fingerprint density at radius 1 is 1.19 bits per heavy atom. The first-order valence-electron chi connectivity index (χ1n) is 11.7. The highest BCUT2D eigenvalue weighted by Gasteiger charge is 2.70. The van der Waals surface area contributed by atoms with Gasteiger partial charge in [0.1, 0.15) is 18.1 Å². The lowest BCUT2D eigenvalue weighted by Gasteiger charge is -2.37. The number of likely N-dealkylation sites (tertiary alicyclic amines) is 1. The van der Waals surface area contributed by atoms with E-state index in [9.17, 15) is 32.8 Å². The summed E-state index contributed by atoms with van der Waals surface area (Å²) in [6, 6.07) is -1.60. The van der Waals surface area contributed by atoms with Gasteiger partial charge in [-0.05, 0) is 22.7 Å². The van der Waals surface area contributed by atoms with E-state index in [0.29, 0.717) is 11.3 Å². The number of carbonyl (C=O) groups is 3. The zero-order valence-corrected chi connectivity index (χ0v) is 21.0. The molecule has 4 rings (SSSR count). The van der Waals surface area contributed by atoms with Crippen molar-refractivity contribution in [2.45, 2.75) is 58.9 Å². The lowest BCUT2D eigenvalue weighted by atomic mass is 9.85. The number of alkyl halides is 3. The Balaban J connectivity index is 1.60. The number of nitriles is 1. The van der Waals surface area contributed by atoms with Crippen molar-refractivity contribution < 1.29 is 27.6 Å². The van der Waals surface area contributed by atoms with Crippen molar-refractivity contribution in [2.24, 2.45) is 22.7 Å². The fourth-order valence-electron chi connectivity index (χ4n) is 5.24. The molecule has 2 aromatic rings. The molecule has 10 nitrogen and oxygen atoms in total. The molecule has 5 atom stereocenters. The lowest BCUT2D eigenvalue weighted by Crippen LogP contribution is -2.60. The van der Waals surface area contributed by atoms with E-state index in [1.54, 1.807) is 16.8 Å². The summed E-state index contributed by atoms with van der Waals surface area (Å²) in [6.07, 6.45) is 1.03. The van der Waals surface area contributed by atoms with Gasteiger partial charge in [0, 0.05) is 36.9 Å². The van der Waals surface area contributed by atoms with Crippen LogP contribution in [0.1, 0.15) is 46.2 Å². The van der Waals surface area contributed by atoms with E-state index < -0.39 is 47.4 Å². The molecule has 2 N–H and O–H groups in total. The number of fused-ring (bicyclic) bond motifs is 2. The third-order valence-corrected chi connectivity index (χ3v) is 7.42. The second-order valence-electron chi connectivity index (χ2n) is 11.3. The standard InChI is InChI=1S/C24H28F3N7O3/c1-22(2,3)17(32-20(37)24(25,26)27)19(36)34-11-13-15(23(13,4)5)16(34)18(35)31-14(8-28)12-9-30-21-29-6-7-33(21)10-12/h6-7,9-10,13-17H,11H2,1-5H3,(H,31,35)(H,32,37)/t13-,14?,15-,16-,17?/m0/s1. The molecule has 0 aromatic carbocycles. The van der Waals surface area contributed by atoms with Gasteiger partial charge in [0.25, 0.3) is 0 Å². The smallest absolute Gasteiger partial charge is 0.336 e. The summed E-state index contributed by atoms with van der Waals surface area (Å²) in [6.45, 7) is 8.67. The van der Waals surface area contributed by atoms with E-state index >= 15 is 0 Å². The van der Waals surface area contributed by atoms with E-state index in [-0.39, 0.29) is 23.8 Å². The predicted molar refractivity (Wildman–Crippen MR) is 123 cm³/mol. The number of piperidine rings is 1. The quantitative estimate of drug-likeness (QED) is 0.621. The summed E-state index contributed by atoms with van der Waals surface area (Å²) in [5, 5.41) is 14.3. The van der Waals surface area contributed by atoms with Gasteiger partial charge >= 0.3 is 12.1 Å². The van der Waals surface area contributed by atoms with Crippen LogP contribution < -0.4 is 10.6 Å². The van der Waals surface area contributed by atoms with Crippen LogP contribution in [0.15, 0.2) is 24.8 Å². The molecule has 0 radical (unpaired) electrons. The van der Waals surface area contributed by atoms with Crippen LogP contribution in [0.5, 0.6) is 0 Å². The molecule has 13 heteroatoms. The number of nitrogens with one attached hydrogen (secondary N) is 2. The minimum Gasteiger partial charge on any atom is -0.336 e. The van der Waals surface area contributed by atoms with Crippen LogP contribution in [-0.2, 0) is 14.4 Å². The summed E-state index contributed by atoms with van der Waals surface area (Å²) in [4.78, 5) is 48.2. The first-order valence-corrected chi connectivity index (χ1v) is 11.7. The molecule has 2 aliphatic rings. The number of nitrogens with zero attached hydrogens (tertiary/aromatic N) is 5. The monoisotopic (exact) mass is 519 g/mol. The minimum absolute atomic E-state index is 0.0457. The lowest BCUT2D eigenvalue weighted by molar-refractivity contribution is -0.176. The Kier molecular flexibility index (Phi) is 6.21. The first kappa shape index (κ1) is 26.4. The first-order chi connectivity index (χ1) is 17.1. The SMILES string of the molecule is CC(C)(C)C(NC(=O)C(F)(F)F)C(=O)N1C[C@H]2[C@@H]([C@H]1C(=O)NC(C#N)c1cnc3nccn3c1)C2(C)C. The highest BCUT2D eigenvalue weighted by Crippen LogP contribution is 2.65. The Morgan fingerprint density at radius 3 is 2.46 bits per heavy atom. The predicted octanol–water partition coefficient (Wildman–Crippen LogP) is 1.99. The maximum Gasteiger partial charge on any atom is 0.471 e. The number of aromatic nitrogens is 3. The minimum atomic E-state index is -5.17. The number of hydrogen-bond donors (Lipinski definition) is 2. The second-order valence-corrected chi connectivity index (χ2v) is 11.3. The highest BCUT2D eigenvalue weighted by molar-refractivity contribution is 5.95. The molecule has 1 aliphatic heterocycles. The molecule has 2 fully saturated rings. The van der Waals surface area contributed by atoms with Crippen LogP contribution >= 0.6 is 0 Å². The van der Waals surface area contributed by atoms with Crippen molar-refractivity contribution in [3.8, 4) is 6.07 Å². The Hall–Kier alpha value is -3.69. The van der Waals surface area contributed by atoms with Gasteiger partial charge in [-0.1, -0.05) is 34.6 Å². The van der Waals surface area contributed by atoms with E-state index in [1.807, 2.05) is 25.2 Å². The van der Waals surface area contributed by atoms with Gasteiger partial charge in [-0.3, -0.25) is 18.8 Å². The zero-order chi connectivity index (χ0) is 27.5. The fourth-order valence-corrected chi connectivity index (χ4v) is 5.24. The molecule has 37 heavy (non-hydrogen) atoms. The van der Waals surface area contributed by atoms with Crippen molar-refractivity contribution in [1.82, 2.24) is 29.9 Å². The van der Waals surface area contributed by atoms with Gasteiger partial charge in [-0.25, -0.2) is 9.97 Å². The average Bonchev–Trinajstić information content (AvgIpc) is 3.21. The molecule has 1 saturated carbocycles. The molecular formula is C24H28F3N7O3. The van der Waals surface area contributed by atoms with Crippen LogP contribution in [-0.4, -0.2) is 61.8 Å². The van der Waals surface area contributed by atoms with Crippen LogP contribution in [0.3, 0.4) is 0 Å². The molecule has 198 valence electrons. The largest absolute Gasteiger partial charge is 0.471 e. The molecule has 0 spiro atoms. The summed E-state index contributed by atoms with van der Waals surface area (Å²) < 4.78 is 40.6. The number of carbonyl (C=O) groups excluding carboxylic acids is 3. The zero-order valence-electron chi connectivity index (χ0n) is 21.0. The molecule has 0 bridgehead atoms. The molecule has 2 unspecified atom stereocenters. The van der Waals surface area contributed by atoms with Gasteiger partial charge in [-0.15, -0.1) is 0 Å². The van der Waals surface area contributed by atoms with E-state index in [4.69, 9.17) is 0 Å². The Morgan fingerprint density at radius 2 is 1.86 bits per heavy atom. The van der Waals surface area contributed by atoms with Gasteiger partial charge < -0.3 is 15.5 Å². The van der Waals surface area contributed by atoms with Crippen LogP contribution in [0.4, 0.5) is 13.2 Å². The third-order valence-electron chi connectivity index (χ3n) is 7.42. The van der Waals surface area contributed by atoms with E-state index in [1.165, 1.54) is 38.1 Å². The number of hydrogen-bond acceptors (Lipinski definition) is 6. The molecule has 2 aromatic heterocycles.